The van der Waals surface area contributed by atoms with Crippen LogP contribution in [0.2, 0.25) is 0 Å². The van der Waals surface area contributed by atoms with Crippen LogP contribution in [-0.2, 0) is 9.59 Å². The minimum Gasteiger partial charge on any atom is -0.395 e. The van der Waals surface area contributed by atoms with Gasteiger partial charge < -0.3 is 10.2 Å². The normalized spacial score (nSPS) is 20.9. The van der Waals surface area contributed by atoms with Crippen molar-refractivity contribution >= 4 is 17.8 Å². The summed E-state index contributed by atoms with van der Waals surface area (Å²) in [5.74, 6) is -1.99. The lowest BCUT2D eigenvalue weighted by atomic mass is 9.86. The van der Waals surface area contributed by atoms with Gasteiger partial charge in [0.15, 0.2) is 5.41 Å². The molecule has 0 unspecified atom stereocenters. The number of aliphatic hydroxyl groups is 2. The van der Waals surface area contributed by atoms with Crippen LogP contribution in [0.3, 0.4) is 0 Å². The molecule has 4 N–H and O–H groups in total. The van der Waals surface area contributed by atoms with Crippen LogP contribution in [0, 0.1) is 5.41 Å². The Labute approximate surface area is 72.7 Å². The standard InChI is InChI=1S/C6H8N2O5/c9-1-6(2-10)3(11)7-5(13)8-4(6)12/h9-10H,1-2H2,(H2,7,8,11,12,13). The summed E-state index contributed by atoms with van der Waals surface area (Å²) < 4.78 is 0. The number of amides is 4. The third-order valence-electron chi connectivity index (χ3n) is 1.86. The molecule has 72 valence electrons. The highest BCUT2D eigenvalue weighted by molar-refractivity contribution is 6.19. The Hall–Kier alpha value is -1.47. The fourth-order valence-electron chi connectivity index (χ4n) is 0.917. The molecular weight excluding hydrogens is 180 g/mol. The lowest BCUT2D eigenvalue weighted by Gasteiger charge is -2.29. The van der Waals surface area contributed by atoms with Crippen molar-refractivity contribution in [2.45, 2.75) is 0 Å². The zero-order valence-corrected chi connectivity index (χ0v) is 6.53. The molecule has 1 rings (SSSR count). The van der Waals surface area contributed by atoms with Crippen LogP contribution >= 0.6 is 0 Å². The zero-order chi connectivity index (χ0) is 10.1. The molecule has 0 saturated carbocycles. The number of urea groups is 1. The molecule has 1 saturated heterocycles. The quantitative estimate of drug-likeness (QED) is 0.352. The maximum absolute atomic E-state index is 11.1. The number of barbiturate groups is 1. The number of nitrogens with one attached hydrogen (secondary N) is 2. The molecule has 0 spiro atoms. The minimum atomic E-state index is -1.95. The molecule has 0 aromatic carbocycles. The first kappa shape index (κ1) is 9.62. The van der Waals surface area contributed by atoms with Crippen LogP contribution in [0.15, 0.2) is 0 Å². The second kappa shape index (κ2) is 3.11. The number of aliphatic hydroxyl groups excluding tert-OH is 2. The molecule has 0 aliphatic carbocycles. The van der Waals surface area contributed by atoms with Gasteiger partial charge in [-0.25, -0.2) is 4.79 Å². The monoisotopic (exact) mass is 188 g/mol. The minimum absolute atomic E-state index is 0.853. The van der Waals surface area contributed by atoms with Crippen LogP contribution in [0.1, 0.15) is 0 Å². The maximum atomic E-state index is 11.1. The van der Waals surface area contributed by atoms with E-state index in [1.54, 1.807) is 10.6 Å². The molecule has 0 aromatic heterocycles. The third kappa shape index (κ3) is 1.27. The van der Waals surface area contributed by atoms with E-state index in [1.807, 2.05) is 0 Å². The molecule has 4 amide bonds. The van der Waals surface area contributed by atoms with Gasteiger partial charge in [-0.1, -0.05) is 0 Å². The number of carbonyl (C=O) groups is 3. The number of imide groups is 2. The molecule has 0 bridgehead atoms. The van der Waals surface area contributed by atoms with Gasteiger partial charge in [0.25, 0.3) is 0 Å². The van der Waals surface area contributed by atoms with Crippen LogP contribution in [0.4, 0.5) is 4.79 Å². The van der Waals surface area contributed by atoms with E-state index in [9.17, 15) is 14.4 Å². The molecule has 1 fully saturated rings. The van der Waals surface area contributed by atoms with Gasteiger partial charge in [0, 0.05) is 0 Å². The summed E-state index contributed by atoms with van der Waals surface area (Å²) in [5.41, 5.74) is -1.95. The van der Waals surface area contributed by atoms with Gasteiger partial charge in [-0.2, -0.15) is 0 Å². The van der Waals surface area contributed by atoms with Crippen molar-refractivity contribution in [2.24, 2.45) is 5.41 Å². The summed E-state index contributed by atoms with van der Waals surface area (Å²) in [6.07, 6.45) is 0. The van der Waals surface area contributed by atoms with E-state index in [0.717, 1.165) is 0 Å². The second-order valence-electron chi connectivity index (χ2n) is 2.64. The van der Waals surface area contributed by atoms with E-state index >= 15 is 0 Å². The van der Waals surface area contributed by atoms with Crippen LogP contribution in [0.25, 0.3) is 0 Å². The Bertz CT molecular complexity index is 248. The van der Waals surface area contributed by atoms with Gasteiger partial charge in [0.2, 0.25) is 11.8 Å². The summed E-state index contributed by atoms with van der Waals surface area (Å²) in [6.45, 7) is -1.71. The van der Waals surface area contributed by atoms with Crippen molar-refractivity contribution < 1.29 is 24.6 Å². The highest BCUT2D eigenvalue weighted by atomic mass is 16.3. The summed E-state index contributed by atoms with van der Waals surface area (Å²) in [5, 5.41) is 21.1. The molecular formula is C6H8N2O5. The highest BCUT2D eigenvalue weighted by Gasteiger charge is 2.49. The molecule has 0 aromatic rings. The van der Waals surface area contributed by atoms with Crippen molar-refractivity contribution in [3.8, 4) is 0 Å². The SMILES string of the molecule is O=C1NC(=O)C(CO)(CO)C(=O)N1. The van der Waals surface area contributed by atoms with Gasteiger partial charge in [-0.3, -0.25) is 20.2 Å². The summed E-state index contributed by atoms with van der Waals surface area (Å²) >= 11 is 0. The molecule has 1 heterocycles. The average molecular weight is 188 g/mol. The van der Waals surface area contributed by atoms with E-state index < -0.39 is 36.5 Å². The summed E-state index contributed by atoms with van der Waals surface area (Å²) in [7, 11) is 0. The first-order valence-corrected chi connectivity index (χ1v) is 3.45. The van der Waals surface area contributed by atoms with Gasteiger partial charge >= 0.3 is 6.03 Å². The molecule has 13 heavy (non-hydrogen) atoms. The fourth-order valence-corrected chi connectivity index (χ4v) is 0.917. The Morgan fingerprint density at radius 3 is 1.69 bits per heavy atom. The van der Waals surface area contributed by atoms with Crippen molar-refractivity contribution in [1.29, 1.82) is 0 Å². The highest BCUT2D eigenvalue weighted by Crippen LogP contribution is 2.18. The molecule has 7 nitrogen and oxygen atoms in total. The first-order chi connectivity index (χ1) is 6.06. The first-order valence-electron chi connectivity index (χ1n) is 3.45. The van der Waals surface area contributed by atoms with Gasteiger partial charge in [-0.15, -0.1) is 0 Å². The Balaban J connectivity index is 3.01. The summed E-state index contributed by atoms with van der Waals surface area (Å²) in [6, 6.07) is -0.951. The number of rotatable bonds is 2. The van der Waals surface area contributed by atoms with E-state index in [0.29, 0.717) is 0 Å². The predicted octanol–water partition coefficient (Wildman–Crippen LogP) is -2.68. The lowest BCUT2D eigenvalue weighted by Crippen LogP contribution is -2.65. The largest absolute Gasteiger partial charge is 0.395 e. The van der Waals surface area contributed by atoms with Crippen LogP contribution in [0.5, 0.6) is 0 Å². The maximum Gasteiger partial charge on any atom is 0.328 e. The smallest absolute Gasteiger partial charge is 0.328 e. The third-order valence-corrected chi connectivity index (χ3v) is 1.86. The molecule has 1 aliphatic rings. The van der Waals surface area contributed by atoms with Gasteiger partial charge in [-0.05, 0) is 0 Å². The number of hydrogen-bond donors (Lipinski definition) is 4. The molecule has 0 atom stereocenters. The lowest BCUT2D eigenvalue weighted by molar-refractivity contribution is -0.150. The van der Waals surface area contributed by atoms with Crippen molar-refractivity contribution in [1.82, 2.24) is 10.6 Å². The molecule has 1 aliphatic heterocycles. The van der Waals surface area contributed by atoms with Crippen molar-refractivity contribution in [3.63, 3.8) is 0 Å². The predicted molar refractivity (Wildman–Crippen MR) is 38.3 cm³/mol. The van der Waals surface area contributed by atoms with Crippen molar-refractivity contribution in [3.05, 3.63) is 0 Å². The Kier molecular flexibility index (Phi) is 2.30. The van der Waals surface area contributed by atoms with E-state index in [4.69, 9.17) is 10.2 Å². The Morgan fingerprint density at radius 1 is 1.00 bits per heavy atom. The number of carbonyl (C=O) groups excluding carboxylic acids is 3. The van der Waals surface area contributed by atoms with Gasteiger partial charge in [0.05, 0.1) is 13.2 Å². The van der Waals surface area contributed by atoms with Crippen molar-refractivity contribution in [2.75, 3.05) is 13.2 Å². The average Bonchev–Trinajstić information content (AvgIpc) is 2.05. The van der Waals surface area contributed by atoms with Crippen LogP contribution < -0.4 is 10.6 Å². The molecule has 0 radical (unpaired) electrons. The number of hydrogen-bond acceptors (Lipinski definition) is 5. The zero-order valence-electron chi connectivity index (χ0n) is 6.53. The van der Waals surface area contributed by atoms with Gasteiger partial charge in [0.1, 0.15) is 0 Å². The van der Waals surface area contributed by atoms with E-state index in [2.05, 4.69) is 0 Å². The fraction of sp³-hybridized carbons (Fsp3) is 0.500. The topological polar surface area (TPSA) is 116 Å². The van der Waals surface area contributed by atoms with E-state index in [-0.39, 0.29) is 0 Å². The molecule has 7 heteroatoms. The Morgan fingerprint density at radius 2 is 1.38 bits per heavy atom. The van der Waals surface area contributed by atoms with E-state index in [1.165, 1.54) is 0 Å². The van der Waals surface area contributed by atoms with Crippen LogP contribution in [-0.4, -0.2) is 41.3 Å². The summed E-state index contributed by atoms with van der Waals surface area (Å²) in [4.78, 5) is 32.7. The second-order valence-corrected chi connectivity index (χ2v) is 2.64.